The Morgan fingerprint density at radius 1 is 1.50 bits per heavy atom. The highest BCUT2D eigenvalue weighted by Crippen LogP contribution is 2.20. The van der Waals surface area contributed by atoms with Gasteiger partial charge in [0.25, 0.3) is 0 Å². The summed E-state index contributed by atoms with van der Waals surface area (Å²) in [5.41, 5.74) is 5.68. The van der Waals surface area contributed by atoms with Crippen LogP contribution in [0, 0.1) is 5.92 Å². The predicted octanol–water partition coefficient (Wildman–Crippen LogP) is 1.37. The van der Waals surface area contributed by atoms with Gasteiger partial charge in [0.05, 0.1) is 5.75 Å². The minimum absolute atomic E-state index is 0.218. The van der Waals surface area contributed by atoms with Crippen molar-refractivity contribution in [2.75, 3.05) is 25.4 Å². The highest BCUT2D eigenvalue weighted by molar-refractivity contribution is 8.00. The second kappa shape index (κ2) is 6.75. The van der Waals surface area contributed by atoms with E-state index in [2.05, 4.69) is 4.98 Å². The molecule has 2 heterocycles. The Balaban J connectivity index is 1.81. The number of pyridine rings is 1. The number of aromatic nitrogens is 1. The molecule has 1 atom stereocenters. The zero-order valence-electron chi connectivity index (χ0n) is 10.4. The third kappa shape index (κ3) is 3.71. The molecule has 1 aliphatic rings. The van der Waals surface area contributed by atoms with Crippen LogP contribution >= 0.6 is 11.8 Å². The Labute approximate surface area is 112 Å². The molecule has 0 aromatic carbocycles. The lowest BCUT2D eigenvalue weighted by Gasteiger charge is -2.32. The minimum atomic E-state index is 0.218. The van der Waals surface area contributed by atoms with E-state index in [0.29, 0.717) is 18.2 Å². The predicted molar refractivity (Wildman–Crippen MR) is 73.3 cm³/mol. The van der Waals surface area contributed by atoms with Gasteiger partial charge in [-0.25, -0.2) is 0 Å². The van der Waals surface area contributed by atoms with Crippen molar-refractivity contribution in [3.8, 4) is 0 Å². The average molecular weight is 265 g/mol. The Morgan fingerprint density at radius 2 is 2.28 bits per heavy atom. The van der Waals surface area contributed by atoms with Crippen LogP contribution in [0.25, 0.3) is 0 Å². The largest absolute Gasteiger partial charge is 0.342 e. The summed E-state index contributed by atoms with van der Waals surface area (Å²) in [7, 11) is 0. The summed E-state index contributed by atoms with van der Waals surface area (Å²) in [6, 6.07) is 3.85. The van der Waals surface area contributed by atoms with Crippen molar-refractivity contribution < 1.29 is 4.79 Å². The average Bonchev–Trinajstić information content (AvgIpc) is 2.46. The molecule has 18 heavy (non-hydrogen) atoms. The standard InChI is InChI=1S/C13H19N3OS/c14-8-11-2-1-7-16(9-11)13(17)10-18-12-3-5-15-6-4-12/h3-6,11H,1-2,7-10,14H2. The maximum absolute atomic E-state index is 12.1. The van der Waals surface area contributed by atoms with Gasteiger partial charge in [-0.3, -0.25) is 9.78 Å². The topological polar surface area (TPSA) is 59.2 Å². The molecule has 1 fully saturated rings. The summed E-state index contributed by atoms with van der Waals surface area (Å²) < 4.78 is 0. The first-order valence-corrected chi connectivity index (χ1v) is 7.29. The first kappa shape index (κ1) is 13.4. The van der Waals surface area contributed by atoms with Crippen LogP contribution in [-0.4, -0.2) is 41.2 Å². The van der Waals surface area contributed by atoms with Gasteiger partial charge in [0.15, 0.2) is 0 Å². The van der Waals surface area contributed by atoms with Crippen LogP contribution in [0.15, 0.2) is 29.4 Å². The maximum Gasteiger partial charge on any atom is 0.232 e. The molecule has 2 rings (SSSR count). The molecule has 2 N–H and O–H groups in total. The molecule has 98 valence electrons. The molecule has 1 amide bonds. The van der Waals surface area contributed by atoms with E-state index in [9.17, 15) is 4.79 Å². The molecule has 0 bridgehead atoms. The molecule has 0 saturated carbocycles. The van der Waals surface area contributed by atoms with E-state index >= 15 is 0 Å². The summed E-state index contributed by atoms with van der Waals surface area (Å²) in [5, 5.41) is 0. The number of carbonyl (C=O) groups excluding carboxylic acids is 1. The number of hydrogen-bond acceptors (Lipinski definition) is 4. The molecular weight excluding hydrogens is 246 g/mol. The van der Waals surface area contributed by atoms with Crippen molar-refractivity contribution in [2.24, 2.45) is 11.7 Å². The molecule has 4 nitrogen and oxygen atoms in total. The molecule has 0 spiro atoms. The van der Waals surface area contributed by atoms with Gasteiger partial charge in [-0.05, 0) is 37.4 Å². The first-order valence-electron chi connectivity index (χ1n) is 6.30. The second-order valence-corrected chi connectivity index (χ2v) is 5.60. The van der Waals surface area contributed by atoms with E-state index in [4.69, 9.17) is 5.73 Å². The van der Waals surface area contributed by atoms with Gasteiger partial charge in [-0.1, -0.05) is 0 Å². The van der Waals surface area contributed by atoms with Gasteiger partial charge >= 0.3 is 0 Å². The molecule has 1 aromatic rings. The van der Waals surface area contributed by atoms with Gasteiger partial charge in [0, 0.05) is 30.4 Å². The fourth-order valence-electron chi connectivity index (χ4n) is 2.15. The fraction of sp³-hybridized carbons (Fsp3) is 0.538. The number of rotatable bonds is 4. The van der Waals surface area contributed by atoms with Crippen molar-refractivity contribution in [3.63, 3.8) is 0 Å². The van der Waals surface area contributed by atoms with Crippen molar-refractivity contribution in [1.29, 1.82) is 0 Å². The van der Waals surface area contributed by atoms with E-state index < -0.39 is 0 Å². The number of amides is 1. The SMILES string of the molecule is NCC1CCCN(C(=O)CSc2ccncc2)C1. The second-order valence-electron chi connectivity index (χ2n) is 4.56. The third-order valence-corrected chi connectivity index (χ3v) is 4.21. The molecule has 5 heteroatoms. The van der Waals surface area contributed by atoms with Gasteiger partial charge < -0.3 is 10.6 Å². The Hall–Kier alpha value is -1.07. The molecule has 1 unspecified atom stereocenters. The highest BCUT2D eigenvalue weighted by Gasteiger charge is 2.22. The van der Waals surface area contributed by atoms with Gasteiger partial charge in [0.1, 0.15) is 0 Å². The lowest BCUT2D eigenvalue weighted by Crippen LogP contribution is -2.42. The number of nitrogens with two attached hydrogens (primary N) is 1. The maximum atomic E-state index is 12.1. The monoisotopic (exact) mass is 265 g/mol. The van der Waals surface area contributed by atoms with Crippen molar-refractivity contribution in [1.82, 2.24) is 9.88 Å². The smallest absolute Gasteiger partial charge is 0.232 e. The summed E-state index contributed by atoms with van der Waals surface area (Å²) >= 11 is 1.57. The number of likely N-dealkylation sites (tertiary alicyclic amines) is 1. The minimum Gasteiger partial charge on any atom is -0.342 e. The van der Waals surface area contributed by atoms with Crippen LogP contribution in [-0.2, 0) is 4.79 Å². The zero-order chi connectivity index (χ0) is 12.8. The van der Waals surface area contributed by atoms with Crippen LogP contribution in [0.1, 0.15) is 12.8 Å². The number of nitrogens with zero attached hydrogens (tertiary/aromatic N) is 2. The summed E-state index contributed by atoms with van der Waals surface area (Å²) in [6.07, 6.45) is 5.72. The van der Waals surface area contributed by atoms with E-state index in [-0.39, 0.29) is 5.91 Å². The first-order chi connectivity index (χ1) is 8.79. The summed E-state index contributed by atoms with van der Waals surface area (Å²) in [6.45, 7) is 2.39. The number of hydrogen-bond donors (Lipinski definition) is 1. The number of carbonyl (C=O) groups is 1. The van der Waals surface area contributed by atoms with Crippen LogP contribution in [0.5, 0.6) is 0 Å². The fourth-order valence-corrected chi connectivity index (χ4v) is 2.94. The molecular formula is C13H19N3OS. The quantitative estimate of drug-likeness (QED) is 0.835. The Kier molecular flexibility index (Phi) is 5.01. The lowest BCUT2D eigenvalue weighted by molar-refractivity contribution is -0.130. The Bertz CT molecular complexity index is 385. The van der Waals surface area contributed by atoms with Crippen LogP contribution in [0.3, 0.4) is 0 Å². The van der Waals surface area contributed by atoms with Gasteiger partial charge in [-0.15, -0.1) is 11.8 Å². The lowest BCUT2D eigenvalue weighted by atomic mass is 9.98. The van der Waals surface area contributed by atoms with E-state index in [0.717, 1.165) is 30.8 Å². The van der Waals surface area contributed by atoms with Crippen LogP contribution < -0.4 is 5.73 Å². The van der Waals surface area contributed by atoms with E-state index in [1.54, 1.807) is 24.2 Å². The number of thioether (sulfide) groups is 1. The zero-order valence-corrected chi connectivity index (χ0v) is 11.2. The Morgan fingerprint density at radius 3 is 3.00 bits per heavy atom. The normalized spacial score (nSPS) is 19.8. The van der Waals surface area contributed by atoms with Gasteiger partial charge in [-0.2, -0.15) is 0 Å². The summed E-state index contributed by atoms with van der Waals surface area (Å²) in [5.74, 6) is 1.20. The van der Waals surface area contributed by atoms with Crippen LogP contribution in [0.4, 0.5) is 0 Å². The molecule has 1 saturated heterocycles. The van der Waals surface area contributed by atoms with Crippen molar-refractivity contribution in [3.05, 3.63) is 24.5 Å². The van der Waals surface area contributed by atoms with Crippen molar-refractivity contribution in [2.45, 2.75) is 17.7 Å². The molecule has 0 radical (unpaired) electrons. The van der Waals surface area contributed by atoms with Crippen LogP contribution in [0.2, 0.25) is 0 Å². The van der Waals surface area contributed by atoms with Gasteiger partial charge in [0.2, 0.25) is 5.91 Å². The number of piperidine rings is 1. The highest BCUT2D eigenvalue weighted by atomic mass is 32.2. The molecule has 1 aromatic heterocycles. The molecule has 0 aliphatic carbocycles. The molecule has 1 aliphatic heterocycles. The van der Waals surface area contributed by atoms with E-state index in [1.165, 1.54) is 0 Å². The van der Waals surface area contributed by atoms with E-state index in [1.807, 2.05) is 17.0 Å². The third-order valence-electron chi connectivity index (χ3n) is 3.22. The summed E-state index contributed by atoms with van der Waals surface area (Å²) in [4.78, 5) is 19.1. The van der Waals surface area contributed by atoms with Crippen molar-refractivity contribution >= 4 is 17.7 Å².